The van der Waals surface area contributed by atoms with Crippen LogP contribution in [0.2, 0.25) is 0 Å². The average molecular weight is 324 g/mol. The number of carboxylic acid groups (broad SMARTS) is 1. The number of carbonyl (C=O) groups excluding carboxylic acids is 2. The van der Waals surface area contributed by atoms with E-state index < -0.39 is 11.5 Å². The largest absolute Gasteiger partial charge is 0.480 e. The second-order valence-electron chi connectivity index (χ2n) is 7.10. The predicted molar refractivity (Wildman–Crippen MR) is 85.8 cm³/mol. The molecule has 2 N–H and O–H groups in total. The molecule has 0 aromatic rings. The SMILES string of the molecule is CC1CCC(NC(=O)CN2CCCCCCC2=O)(C(=O)O)CC1. The van der Waals surface area contributed by atoms with Crippen molar-refractivity contribution in [3.05, 3.63) is 0 Å². The summed E-state index contributed by atoms with van der Waals surface area (Å²) >= 11 is 0. The van der Waals surface area contributed by atoms with E-state index >= 15 is 0 Å². The van der Waals surface area contributed by atoms with E-state index in [-0.39, 0.29) is 18.4 Å². The monoisotopic (exact) mass is 324 g/mol. The molecule has 1 saturated carbocycles. The molecule has 0 atom stereocenters. The van der Waals surface area contributed by atoms with Gasteiger partial charge in [0.1, 0.15) is 5.54 Å². The Kier molecular flexibility index (Phi) is 6.02. The van der Waals surface area contributed by atoms with E-state index in [9.17, 15) is 19.5 Å². The lowest BCUT2D eigenvalue weighted by Gasteiger charge is -2.37. The number of carbonyl (C=O) groups is 3. The molecule has 2 amide bonds. The van der Waals surface area contributed by atoms with Gasteiger partial charge in [-0.25, -0.2) is 4.79 Å². The lowest BCUT2D eigenvalue weighted by atomic mass is 9.77. The van der Waals surface area contributed by atoms with Gasteiger partial charge in [-0.05, 0) is 44.4 Å². The van der Waals surface area contributed by atoms with Crippen LogP contribution in [0, 0.1) is 5.92 Å². The van der Waals surface area contributed by atoms with Crippen molar-refractivity contribution in [1.29, 1.82) is 0 Å². The van der Waals surface area contributed by atoms with Gasteiger partial charge in [-0.15, -0.1) is 0 Å². The fourth-order valence-electron chi connectivity index (χ4n) is 3.51. The number of carboxylic acids is 1. The van der Waals surface area contributed by atoms with Crippen LogP contribution in [-0.2, 0) is 14.4 Å². The van der Waals surface area contributed by atoms with Crippen molar-refractivity contribution in [2.24, 2.45) is 5.92 Å². The van der Waals surface area contributed by atoms with Gasteiger partial charge >= 0.3 is 5.97 Å². The van der Waals surface area contributed by atoms with Crippen LogP contribution >= 0.6 is 0 Å². The number of nitrogens with one attached hydrogen (secondary N) is 1. The van der Waals surface area contributed by atoms with Crippen molar-refractivity contribution >= 4 is 17.8 Å². The molecule has 0 bridgehead atoms. The van der Waals surface area contributed by atoms with Gasteiger partial charge in [0.2, 0.25) is 11.8 Å². The summed E-state index contributed by atoms with van der Waals surface area (Å²) in [7, 11) is 0. The van der Waals surface area contributed by atoms with Crippen LogP contribution in [0.3, 0.4) is 0 Å². The molecule has 0 radical (unpaired) electrons. The fourth-order valence-corrected chi connectivity index (χ4v) is 3.51. The van der Waals surface area contributed by atoms with E-state index in [1.165, 1.54) is 0 Å². The van der Waals surface area contributed by atoms with Crippen LogP contribution in [0.25, 0.3) is 0 Å². The second kappa shape index (κ2) is 7.79. The topological polar surface area (TPSA) is 86.7 Å². The highest BCUT2D eigenvalue weighted by Crippen LogP contribution is 2.32. The standard InChI is InChI=1S/C17H28N2O4/c1-13-7-9-17(10-8-13,16(22)23)18-14(20)12-19-11-5-3-2-4-6-15(19)21/h13H,2-12H2,1H3,(H,18,20)(H,22,23). The van der Waals surface area contributed by atoms with Gasteiger partial charge in [0, 0.05) is 13.0 Å². The smallest absolute Gasteiger partial charge is 0.329 e. The zero-order chi connectivity index (χ0) is 16.9. The molecule has 0 aromatic carbocycles. The third-order valence-corrected chi connectivity index (χ3v) is 5.17. The summed E-state index contributed by atoms with van der Waals surface area (Å²) in [5.41, 5.74) is -1.16. The molecule has 6 heteroatoms. The molecular weight excluding hydrogens is 296 g/mol. The van der Waals surface area contributed by atoms with Crippen molar-refractivity contribution in [2.75, 3.05) is 13.1 Å². The molecule has 0 unspecified atom stereocenters. The van der Waals surface area contributed by atoms with Gasteiger partial charge in [0.05, 0.1) is 6.54 Å². The molecule has 0 aromatic heterocycles. The molecule has 23 heavy (non-hydrogen) atoms. The Balaban J connectivity index is 1.95. The van der Waals surface area contributed by atoms with Gasteiger partial charge in [0.25, 0.3) is 0 Å². The van der Waals surface area contributed by atoms with Gasteiger partial charge < -0.3 is 15.3 Å². The van der Waals surface area contributed by atoms with Crippen LogP contribution in [0.15, 0.2) is 0 Å². The highest BCUT2D eigenvalue weighted by molar-refractivity contribution is 5.90. The third-order valence-electron chi connectivity index (χ3n) is 5.17. The maximum absolute atomic E-state index is 12.3. The van der Waals surface area contributed by atoms with Crippen molar-refractivity contribution in [3.63, 3.8) is 0 Å². The quantitative estimate of drug-likeness (QED) is 0.827. The van der Waals surface area contributed by atoms with E-state index in [1.807, 2.05) is 0 Å². The first-order valence-electron chi connectivity index (χ1n) is 8.75. The fraction of sp³-hybridized carbons (Fsp3) is 0.824. The van der Waals surface area contributed by atoms with E-state index in [0.29, 0.717) is 31.7 Å². The normalized spacial score (nSPS) is 29.5. The zero-order valence-electron chi connectivity index (χ0n) is 14.0. The maximum atomic E-state index is 12.3. The average Bonchev–Trinajstić information content (AvgIpc) is 2.49. The van der Waals surface area contributed by atoms with Crippen LogP contribution in [0.1, 0.15) is 64.7 Å². The summed E-state index contributed by atoms with van der Waals surface area (Å²) in [6.07, 6.45) is 6.91. The number of aliphatic carboxylic acids is 1. The minimum Gasteiger partial charge on any atom is -0.480 e. The predicted octanol–water partition coefficient (Wildman–Crippen LogP) is 1.93. The Morgan fingerprint density at radius 1 is 1.22 bits per heavy atom. The summed E-state index contributed by atoms with van der Waals surface area (Å²) in [5, 5.41) is 12.3. The molecule has 6 nitrogen and oxygen atoms in total. The molecule has 1 saturated heterocycles. The van der Waals surface area contributed by atoms with Crippen LogP contribution in [0.4, 0.5) is 0 Å². The summed E-state index contributed by atoms with van der Waals surface area (Å²) in [6, 6.07) is 0. The lowest BCUT2D eigenvalue weighted by Crippen LogP contribution is -2.58. The summed E-state index contributed by atoms with van der Waals surface area (Å²) in [4.78, 5) is 37.7. The summed E-state index contributed by atoms with van der Waals surface area (Å²) in [6.45, 7) is 2.67. The molecule has 1 aliphatic carbocycles. The molecule has 2 rings (SSSR count). The van der Waals surface area contributed by atoms with Crippen molar-refractivity contribution in [1.82, 2.24) is 10.2 Å². The molecule has 0 spiro atoms. The first-order chi connectivity index (χ1) is 10.9. The first kappa shape index (κ1) is 17.8. The summed E-state index contributed by atoms with van der Waals surface area (Å²) in [5.74, 6) is -0.815. The molecule has 2 fully saturated rings. The molecule has 130 valence electrons. The Hall–Kier alpha value is -1.59. The number of rotatable bonds is 4. The Morgan fingerprint density at radius 3 is 2.52 bits per heavy atom. The van der Waals surface area contributed by atoms with Crippen LogP contribution in [-0.4, -0.2) is 46.4 Å². The van der Waals surface area contributed by atoms with Crippen molar-refractivity contribution in [3.8, 4) is 0 Å². The zero-order valence-corrected chi connectivity index (χ0v) is 14.0. The Morgan fingerprint density at radius 2 is 1.87 bits per heavy atom. The van der Waals surface area contributed by atoms with Gasteiger partial charge in [-0.3, -0.25) is 9.59 Å². The van der Waals surface area contributed by atoms with Gasteiger partial charge in [0.15, 0.2) is 0 Å². The van der Waals surface area contributed by atoms with E-state index in [2.05, 4.69) is 12.2 Å². The Labute approximate surface area is 137 Å². The number of amides is 2. The minimum absolute atomic E-state index is 0.00138. The molecule has 1 aliphatic heterocycles. The third kappa shape index (κ3) is 4.69. The number of hydrogen-bond donors (Lipinski definition) is 2. The molecular formula is C17H28N2O4. The number of likely N-dealkylation sites (tertiary alicyclic amines) is 1. The van der Waals surface area contributed by atoms with Crippen LogP contribution < -0.4 is 5.32 Å². The van der Waals surface area contributed by atoms with Crippen molar-refractivity contribution < 1.29 is 19.5 Å². The van der Waals surface area contributed by atoms with Crippen LogP contribution in [0.5, 0.6) is 0 Å². The van der Waals surface area contributed by atoms with E-state index in [1.54, 1.807) is 4.90 Å². The van der Waals surface area contributed by atoms with E-state index in [0.717, 1.165) is 38.5 Å². The summed E-state index contributed by atoms with van der Waals surface area (Å²) < 4.78 is 0. The molecule has 1 heterocycles. The highest BCUT2D eigenvalue weighted by Gasteiger charge is 2.42. The minimum atomic E-state index is -1.16. The number of hydrogen-bond acceptors (Lipinski definition) is 3. The number of nitrogens with zero attached hydrogens (tertiary/aromatic N) is 1. The van der Waals surface area contributed by atoms with Crippen molar-refractivity contribution in [2.45, 2.75) is 70.3 Å². The van der Waals surface area contributed by atoms with E-state index in [4.69, 9.17) is 0 Å². The maximum Gasteiger partial charge on any atom is 0.329 e. The highest BCUT2D eigenvalue weighted by atomic mass is 16.4. The van der Waals surface area contributed by atoms with Gasteiger partial charge in [-0.1, -0.05) is 19.8 Å². The first-order valence-corrected chi connectivity index (χ1v) is 8.75. The second-order valence-corrected chi connectivity index (χ2v) is 7.10. The Bertz CT molecular complexity index is 456. The molecule has 2 aliphatic rings. The van der Waals surface area contributed by atoms with Gasteiger partial charge in [-0.2, -0.15) is 0 Å². The lowest BCUT2D eigenvalue weighted by molar-refractivity contribution is -0.150.